The summed E-state index contributed by atoms with van der Waals surface area (Å²) in [7, 11) is 0. The van der Waals surface area contributed by atoms with Crippen LogP contribution in [0.15, 0.2) is 18.2 Å². The molecule has 2 atom stereocenters. The Bertz CT molecular complexity index is 467. The van der Waals surface area contributed by atoms with Crippen LogP contribution in [0.2, 0.25) is 10.0 Å². The molecule has 1 aromatic rings. The number of carbonyl (C=O) groups is 1. The van der Waals surface area contributed by atoms with Crippen molar-refractivity contribution in [3.8, 4) is 0 Å². The zero-order valence-corrected chi connectivity index (χ0v) is 13.6. The number of benzene rings is 1. The normalized spacial score (nSPS) is 23.1. The fourth-order valence-electron chi connectivity index (χ4n) is 2.39. The molecule has 5 heteroatoms. The van der Waals surface area contributed by atoms with Gasteiger partial charge in [0.05, 0.1) is 15.6 Å². The summed E-state index contributed by atoms with van der Waals surface area (Å²) < 4.78 is 0. The molecule has 1 fully saturated rings. The van der Waals surface area contributed by atoms with Crippen molar-refractivity contribution in [3.63, 3.8) is 0 Å². The minimum Gasteiger partial charge on any atom is -0.352 e. The third kappa shape index (κ3) is 3.87. The summed E-state index contributed by atoms with van der Waals surface area (Å²) in [5, 5.41) is 3.68. The Morgan fingerprint density at radius 1 is 1.32 bits per heavy atom. The predicted octanol–water partition coefficient (Wildman–Crippen LogP) is 4.68. The molecule has 0 spiro atoms. The summed E-state index contributed by atoms with van der Waals surface area (Å²) in [6.45, 7) is 0.678. The molecule has 0 heterocycles. The molecule has 2 unspecified atom stereocenters. The average Bonchev–Trinajstić information content (AvgIpc) is 2.40. The van der Waals surface area contributed by atoms with Gasteiger partial charge in [-0.15, -0.1) is 0 Å². The number of alkyl halides is 1. The summed E-state index contributed by atoms with van der Waals surface area (Å²) >= 11 is 15.6. The highest BCUT2D eigenvalue weighted by Gasteiger charge is 2.23. The van der Waals surface area contributed by atoms with Gasteiger partial charge in [0.1, 0.15) is 0 Å². The molecule has 1 amide bonds. The van der Waals surface area contributed by atoms with Crippen molar-refractivity contribution in [2.45, 2.75) is 30.5 Å². The molecule has 104 valence electrons. The highest BCUT2D eigenvalue weighted by Crippen LogP contribution is 2.30. The fraction of sp³-hybridized carbons (Fsp3) is 0.500. The molecule has 1 aliphatic rings. The van der Waals surface area contributed by atoms with Crippen LogP contribution in [-0.4, -0.2) is 17.3 Å². The molecule has 0 aromatic heterocycles. The molecular weight excluding hydrogens is 349 g/mol. The lowest BCUT2D eigenvalue weighted by molar-refractivity contribution is 0.0944. The van der Waals surface area contributed by atoms with E-state index < -0.39 is 0 Å². The first-order chi connectivity index (χ1) is 9.09. The molecule has 2 nitrogen and oxygen atoms in total. The number of nitrogens with one attached hydrogen (secondary N) is 1. The summed E-state index contributed by atoms with van der Waals surface area (Å²) in [6.07, 6.45) is 4.83. The van der Waals surface area contributed by atoms with Crippen LogP contribution in [0.25, 0.3) is 0 Å². The van der Waals surface area contributed by atoms with Crippen molar-refractivity contribution in [2.75, 3.05) is 6.54 Å². The Kier molecular flexibility index (Phi) is 5.55. The lowest BCUT2D eigenvalue weighted by atomic mass is 9.89. The first-order valence-corrected chi connectivity index (χ1v) is 8.13. The maximum absolute atomic E-state index is 12.1. The van der Waals surface area contributed by atoms with Crippen LogP contribution in [0.4, 0.5) is 0 Å². The number of halogens is 3. The standard InChI is InChI=1S/C14H16BrCl2NO/c15-11-6-2-1-4-9(11)8-18-14(19)10-5-3-7-12(16)13(10)17/h3,5,7,9,11H,1-2,4,6,8H2,(H,18,19). The lowest BCUT2D eigenvalue weighted by Gasteiger charge is -2.27. The van der Waals surface area contributed by atoms with Gasteiger partial charge < -0.3 is 5.32 Å². The van der Waals surface area contributed by atoms with Gasteiger partial charge in [0.15, 0.2) is 0 Å². The quantitative estimate of drug-likeness (QED) is 0.775. The van der Waals surface area contributed by atoms with Gasteiger partial charge in [0.2, 0.25) is 0 Å². The van der Waals surface area contributed by atoms with E-state index in [2.05, 4.69) is 21.2 Å². The van der Waals surface area contributed by atoms with Crippen LogP contribution in [0, 0.1) is 5.92 Å². The van der Waals surface area contributed by atoms with Crippen molar-refractivity contribution < 1.29 is 4.79 Å². The largest absolute Gasteiger partial charge is 0.352 e. The molecule has 19 heavy (non-hydrogen) atoms. The zero-order valence-electron chi connectivity index (χ0n) is 10.5. The van der Waals surface area contributed by atoms with Gasteiger partial charge in [-0.3, -0.25) is 4.79 Å². The second kappa shape index (κ2) is 6.96. The van der Waals surface area contributed by atoms with Crippen molar-refractivity contribution >= 4 is 45.0 Å². The molecule has 0 aliphatic heterocycles. The molecule has 1 saturated carbocycles. The Balaban J connectivity index is 1.95. The first kappa shape index (κ1) is 15.1. The van der Waals surface area contributed by atoms with E-state index >= 15 is 0 Å². The SMILES string of the molecule is O=C(NCC1CCCCC1Br)c1cccc(Cl)c1Cl. The van der Waals surface area contributed by atoms with E-state index in [9.17, 15) is 4.79 Å². The van der Waals surface area contributed by atoms with Crippen molar-refractivity contribution in [1.29, 1.82) is 0 Å². The summed E-state index contributed by atoms with van der Waals surface area (Å²) in [5.41, 5.74) is 0.441. The maximum atomic E-state index is 12.1. The number of carbonyl (C=O) groups excluding carboxylic acids is 1. The highest BCUT2D eigenvalue weighted by atomic mass is 79.9. The van der Waals surface area contributed by atoms with E-state index in [0.717, 1.165) is 6.42 Å². The number of amides is 1. The van der Waals surface area contributed by atoms with Gasteiger partial charge in [-0.1, -0.05) is 58.0 Å². The molecule has 1 N–H and O–H groups in total. The van der Waals surface area contributed by atoms with Crippen LogP contribution >= 0.6 is 39.1 Å². The molecule has 1 aromatic carbocycles. The van der Waals surface area contributed by atoms with E-state index in [0.29, 0.717) is 32.9 Å². The minimum absolute atomic E-state index is 0.155. The Morgan fingerprint density at radius 2 is 2.05 bits per heavy atom. The molecule has 2 rings (SSSR count). The third-order valence-electron chi connectivity index (χ3n) is 3.54. The van der Waals surface area contributed by atoms with Gasteiger partial charge in [-0.25, -0.2) is 0 Å². The van der Waals surface area contributed by atoms with Crippen LogP contribution in [0.5, 0.6) is 0 Å². The van der Waals surface area contributed by atoms with Crippen molar-refractivity contribution in [3.05, 3.63) is 33.8 Å². The van der Waals surface area contributed by atoms with Gasteiger partial charge in [0, 0.05) is 11.4 Å². The number of hydrogen-bond acceptors (Lipinski definition) is 1. The van der Waals surface area contributed by atoms with E-state index in [1.165, 1.54) is 19.3 Å². The second-order valence-corrected chi connectivity index (χ2v) is 6.83. The van der Waals surface area contributed by atoms with Crippen LogP contribution < -0.4 is 5.32 Å². The van der Waals surface area contributed by atoms with E-state index in [4.69, 9.17) is 23.2 Å². The number of rotatable bonds is 3. The molecule has 0 radical (unpaired) electrons. The average molecular weight is 365 g/mol. The smallest absolute Gasteiger partial charge is 0.252 e. The summed E-state index contributed by atoms with van der Waals surface area (Å²) in [4.78, 5) is 12.6. The van der Waals surface area contributed by atoms with Crippen LogP contribution in [-0.2, 0) is 0 Å². The maximum Gasteiger partial charge on any atom is 0.252 e. The molecule has 0 saturated heterocycles. The first-order valence-electron chi connectivity index (χ1n) is 6.46. The van der Waals surface area contributed by atoms with Gasteiger partial charge >= 0.3 is 0 Å². The minimum atomic E-state index is -0.155. The van der Waals surface area contributed by atoms with E-state index in [-0.39, 0.29) is 5.91 Å². The fourth-order valence-corrected chi connectivity index (χ4v) is 3.55. The van der Waals surface area contributed by atoms with Gasteiger partial charge in [-0.2, -0.15) is 0 Å². The molecule has 1 aliphatic carbocycles. The Labute approximate surface area is 132 Å². The van der Waals surface area contributed by atoms with Crippen molar-refractivity contribution in [2.24, 2.45) is 5.92 Å². The highest BCUT2D eigenvalue weighted by molar-refractivity contribution is 9.09. The Hall–Kier alpha value is -0.250. The van der Waals surface area contributed by atoms with Crippen LogP contribution in [0.1, 0.15) is 36.0 Å². The third-order valence-corrected chi connectivity index (χ3v) is 5.56. The Morgan fingerprint density at radius 3 is 2.79 bits per heavy atom. The zero-order chi connectivity index (χ0) is 13.8. The molecular formula is C14H16BrCl2NO. The topological polar surface area (TPSA) is 29.1 Å². The predicted molar refractivity (Wildman–Crippen MR) is 83.5 cm³/mol. The summed E-state index contributed by atoms with van der Waals surface area (Å²) in [6, 6.07) is 5.10. The van der Waals surface area contributed by atoms with Gasteiger partial charge in [-0.05, 0) is 30.9 Å². The lowest BCUT2D eigenvalue weighted by Crippen LogP contribution is -2.34. The number of hydrogen-bond donors (Lipinski definition) is 1. The van der Waals surface area contributed by atoms with Crippen molar-refractivity contribution in [1.82, 2.24) is 5.32 Å². The van der Waals surface area contributed by atoms with E-state index in [1.807, 2.05) is 0 Å². The summed E-state index contributed by atoms with van der Waals surface area (Å²) in [5.74, 6) is 0.341. The second-order valence-electron chi connectivity index (χ2n) is 4.87. The van der Waals surface area contributed by atoms with E-state index in [1.54, 1.807) is 18.2 Å². The van der Waals surface area contributed by atoms with Gasteiger partial charge in [0.25, 0.3) is 5.91 Å². The monoisotopic (exact) mass is 363 g/mol. The van der Waals surface area contributed by atoms with Crippen LogP contribution in [0.3, 0.4) is 0 Å². The molecule has 0 bridgehead atoms.